The molecule has 0 radical (unpaired) electrons. The maximum atomic E-state index is 14.0. The summed E-state index contributed by atoms with van der Waals surface area (Å²) in [6.07, 6.45) is 2.69. The zero-order chi connectivity index (χ0) is 23.4. The molecule has 33 heavy (non-hydrogen) atoms. The lowest BCUT2D eigenvalue weighted by molar-refractivity contribution is -0.134. The van der Waals surface area contributed by atoms with Crippen LogP contribution in [-0.2, 0) is 11.3 Å². The van der Waals surface area contributed by atoms with E-state index in [1.807, 2.05) is 43.5 Å². The topological polar surface area (TPSA) is 57.6 Å². The normalized spacial score (nSPS) is 15.1. The van der Waals surface area contributed by atoms with E-state index < -0.39 is 6.04 Å². The average molecular weight is 513 g/mol. The number of urea groups is 1. The Hall–Kier alpha value is -3.13. The SMILES string of the molecule is CCCN(CC(=O)N1CCn2cccc2C1c1cccc(F)c1)C(=O)Nc1ccc(Br)cc1. The van der Waals surface area contributed by atoms with Crippen LogP contribution < -0.4 is 5.32 Å². The second kappa shape index (κ2) is 10.2. The van der Waals surface area contributed by atoms with Gasteiger partial charge < -0.3 is 19.7 Å². The Bertz CT molecular complexity index is 1130. The number of benzene rings is 2. The number of anilines is 1. The molecule has 6 nitrogen and oxygen atoms in total. The fourth-order valence-electron chi connectivity index (χ4n) is 4.19. The van der Waals surface area contributed by atoms with E-state index in [0.717, 1.165) is 16.6 Å². The van der Waals surface area contributed by atoms with Gasteiger partial charge in [-0.1, -0.05) is 35.0 Å². The fraction of sp³-hybridized carbons (Fsp3) is 0.280. The third kappa shape index (κ3) is 5.27. The van der Waals surface area contributed by atoms with Crippen molar-refractivity contribution in [3.63, 3.8) is 0 Å². The quantitative estimate of drug-likeness (QED) is 0.489. The predicted molar refractivity (Wildman–Crippen MR) is 129 cm³/mol. The maximum absolute atomic E-state index is 14.0. The molecule has 1 aromatic heterocycles. The van der Waals surface area contributed by atoms with Crippen LogP contribution in [0.2, 0.25) is 0 Å². The minimum Gasteiger partial charge on any atom is -0.348 e. The van der Waals surface area contributed by atoms with Gasteiger partial charge in [0, 0.05) is 41.7 Å². The molecule has 0 saturated heterocycles. The number of aromatic nitrogens is 1. The van der Waals surface area contributed by atoms with E-state index in [-0.39, 0.29) is 24.3 Å². The molecule has 0 fully saturated rings. The molecule has 1 N–H and O–H groups in total. The summed E-state index contributed by atoms with van der Waals surface area (Å²) >= 11 is 3.38. The molecule has 4 rings (SSSR count). The Morgan fingerprint density at radius 2 is 1.91 bits per heavy atom. The van der Waals surface area contributed by atoms with E-state index in [4.69, 9.17) is 0 Å². The largest absolute Gasteiger partial charge is 0.348 e. The van der Waals surface area contributed by atoms with Crippen molar-refractivity contribution in [3.05, 3.63) is 88.4 Å². The summed E-state index contributed by atoms with van der Waals surface area (Å²) in [4.78, 5) is 29.7. The second-order valence-corrected chi connectivity index (χ2v) is 8.95. The molecule has 0 saturated carbocycles. The fourth-order valence-corrected chi connectivity index (χ4v) is 4.46. The van der Waals surface area contributed by atoms with Crippen LogP contribution in [0.25, 0.3) is 0 Å². The molecule has 172 valence electrons. The highest BCUT2D eigenvalue weighted by molar-refractivity contribution is 9.10. The highest BCUT2D eigenvalue weighted by Crippen LogP contribution is 2.33. The van der Waals surface area contributed by atoms with Gasteiger partial charge in [0.25, 0.3) is 0 Å². The summed E-state index contributed by atoms with van der Waals surface area (Å²) in [5, 5.41) is 2.87. The molecular weight excluding hydrogens is 487 g/mol. The van der Waals surface area contributed by atoms with Gasteiger partial charge >= 0.3 is 6.03 Å². The maximum Gasteiger partial charge on any atom is 0.322 e. The molecule has 0 spiro atoms. The van der Waals surface area contributed by atoms with Crippen molar-refractivity contribution < 1.29 is 14.0 Å². The molecule has 1 unspecified atom stereocenters. The summed E-state index contributed by atoms with van der Waals surface area (Å²) in [6.45, 7) is 3.49. The van der Waals surface area contributed by atoms with Crippen LogP contribution in [0.3, 0.4) is 0 Å². The zero-order valence-electron chi connectivity index (χ0n) is 18.4. The standard InChI is InChI=1S/C25H26BrFN4O2/c1-2-12-30(25(33)28-21-10-8-19(26)9-11-21)17-23(32)31-15-14-29-13-4-7-22(29)24(31)18-5-3-6-20(27)16-18/h3-11,13,16,24H,2,12,14-15,17H2,1H3,(H,28,33). The minimum absolute atomic E-state index is 0.0529. The van der Waals surface area contributed by atoms with Gasteiger partial charge in [0.1, 0.15) is 12.4 Å². The van der Waals surface area contributed by atoms with Gasteiger partial charge in [-0.05, 0) is 60.5 Å². The second-order valence-electron chi connectivity index (χ2n) is 8.03. The molecule has 1 atom stereocenters. The molecule has 1 aliphatic heterocycles. The number of nitrogens with one attached hydrogen (secondary N) is 1. The monoisotopic (exact) mass is 512 g/mol. The molecular formula is C25H26BrFN4O2. The third-order valence-corrected chi connectivity index (χ3v) is 6.25. The summed E-state index contributed by atoms with van der Waals surface area (Å²) in [6, 6.07) is 16.8. The van der Waals surface area contributed by atoms with Crippen LogP contribution in [0, 0.1) is 5.82 Å². The van der Waals surface area contributed by atoms with Gasteiger partial charge in [-0.3, -0.25) is 4.79 Å². The third-order valence-electron chi connectivity index (χ3n) is 5.73. The summed E-state index contributed by atoms with van der Waals surface area (Å²) < 4.78 is 17.0. The lowest BCUT2D eigenvalue weighted by Crippen LogP contribution is -2.48. The van der Waals surface area contributed by atoms with Crippen LogP contribution in [-0.4, -0.2) is 45.9 Å². The molecule has 1 aliphatic rings. The molecule has 3 aromatic rings. The highest BCUT2D eigenvalue weighted by Gasteiger charge is 2.33. The Balaban J connectivity index is 1.55. The van der Waals surface area contributed by atoms with Crippen LogP contribution in [0.15, 0.2) is 71.3 Å². The van der Waals surface area contributed by atoms with Crippen LogP contribution in [0.4, 0.5) is 14.9 Å². The predicted octanol–water partition coefficient (Wildman–Crippen LogP) is 5.27. The van der Waals surface area contributed by atoms with E-state index in [0.29, 0.717) is 30.9 Å². The first-order valence-electron chi connectivity index (χ1n) is 11.0. The van der Waals surface area contributed by atoms with Crippen molar-refractivity contribution >= 4 is 33.6 Å². The Kier molecular flexibility index (Phi) is 7.13. The number of rotatable bonds is 6. The number of hydrogen-bond donors (Lipinski definition) is 1. The number of halogens is 2. The number of nitrogens with zero attached hydrogens (tertiary/aromatic N) is 3. The van der Waals surface area contributed by atoms with Crippen molar-refractivity contribution in [1.82, 2.24) is 14.4 Å². The lowest BCUT2D eigenvalue weighted by Gasteiger charge is -2.38. The van der Waals surface area contributed by atoms with Gasteiger partial charge in [-0.15, -0.1) is 0 Å². The van der Waals surface area contributed by atoms with Crippen molar-refractivity contribution in [2.24, 2.45) is 0 Å². The van der Waals surface area contributed by atoms with Crippen molar-refractivity contribution in [2.45, 2.75) is 25.9 Å². The first kappa shape index (κ1) is 23.0. The van der Waals surface area contributed by atoms with Gasteiger partial charge in [0.15, 0.2) is 0 Å². The molecule has 0 bridgehead atoms. The molecule has 8 heteroatoms. The van der Waals surface area contributed by atoms with Crippen LogP contribution in [0.5, 0.6) is 0 Å². The van der Waals surface area contributed by atoms with Crippen molar-refractivity contribution in [1.29, 1.82) is 0 Å². The average Bonchev–Trinajstić information content (AvgIpc) is 3.28. The van der Waals surface area contributed by atoms with Gasteiger partial charge in [-0.25, -0.2) is 9.18 Å². The van der Waals surface area contributed by atoms with E-state index in [2.05, 4.69) is 25.8 Å². The summed E-state index contributed by atoms with van der Waals surface area (Å²) in [5.41, 5.74) is 2.30. The number of amides is 3. The summed E-state index contributed by atoms with van der Waals surface area (Å²) in [7, 11) is 0. The van der Waals surface area contributed by atoms with E-state index in [9.17, 15) is 14.0 Å². The van der Waals surface area contributed by atoms with Crippen molar-refractivity contribution in [3.8, 4) is 0 Å². The highest BCUT2D eigenvalue weighted by atomic mass is 79.9. The number of carbonyl (C=O) groups excluding carboxylic acids is 2. The van der Waals surface area contributed by atoms with Gasteiger partial charge in [0.2, 0.25) is 5.91 Å². The Morgan fingerprint density at radius 1 is 1.12 bits per heavy atom. The first-order valence-corrected chi connectivity index (χ1v) is 11.8. The zero-order valence-corrected chi connectivity index (χ0v) is 20.0. The number of hydrogen-bond acceptors (Lipinski definition) is 2. The van der Waals surface area contributed by atoms with Crippen molar-refractivity contribution in [2.75, 3.05) is 25.0 Å². The molecule has 0 aliphatic carbocycles. The van der Waals surface area contributed by atoms with E-state index >= 15 is 0 Å². The molecule has 2 heterocycles. The van der Waals surface area contributed by atoms with E-state index in [1.165, 1.54) is 17.0 Å². The van der Waals surface area contributed by atoms with Gasteiger partial charge in [-0.2, -0.15) is 0 Å². The minimum atomic E-state index is -0.407. The Labute approximate surface area is 201 Å². The molecule has 2 aromatic carbocycles. The van der Waals surface area contributed by atoms with E-state index in [1.54, 1.807) is 23.1 Å². The van der Waals surface area contributed by atoms with Gasteiger partial charge in [0.05, 0.1) is 6.04 Å². The van der Waals surface area contributed by atoms with Crippen LogP contribution in [0.1, 0.15) is 30.6 Å². The lowest BCUT2D eigenvalue weighted by atomic mass is 9.99. The first-order chi connectivity index (χ1) is 16.0. The number of fused-ring (bicyclic) bond motifs is 1. The number of carbonyl (C=O) groups is 2. The Morgan fingerprint density at radius 3 is 2.64 bits per heavy atom. The summed E-state index contributed by atoms with van der Waals surface area (Å²) in [5.74, 6) is -0.513. The smallest absolute Gasteiger partial charge is 0.322 e. The molecule has 3 amide bonds. The van der Waals surface area contributed by atoms with Crippen LogP contribution >= 0.6 is 15.9 Å².